The molecule has 0 radical (unpaired) electrons. The molecule has 0 spiro atoms. The summed E-state index contributed by atoms with van der Waals surface area (Å²) in [4.78, 5) is 0. The zero-order valence-corrected chi connectivity index (χ0v) is 10.9. The Balaban J connectivity index is 2.45. The average Bonchev–Trinajstić information content (AvgIpc) is 2.41. The molecule has 0 bridgehead atoms. The largest absolute Gasteiger partial charge is 0.393 e. The molecule has 0 aliphatic heterocycles. The van der Waals surface area contributed by atoms with Gasteiger partial charge in [-0.1, -0.05) is 40.5 Å². The molecule has 0 amide bonds. The van der Waals surface area contributed by atoms with E-state index in [9.17, 15) is 5.11 Å². The van der Waals surface area contributed by atoms with E-state index in [-0.39, 0.29) is 6.10 Å². The first kappa shape index (κ1) is 13.0. The van der Waals surface area contributed by atoms with Crippen LogP contribution in [-0.2, 0) is 0 Å². The maximum atomic E-state index is 10.1. The van der Waals surface area contributed by atoms with Gasteiger partial charge >= 0.3 is 0 Å². The molecule has 1 aliphatic carbocycles. The fourth-order valence-electron chi connectivity index (χ4n) is 2.91. The van der Waals surface area contributed by atoms with Crippen molar-refractivity contribution in [3.63, 3.8) is 0 Å². The van der Waals surface area contributed by atoms with E-state index in [1.165, 1.54) is 32.1 Å². The van der Waals surface area contributed by atoms with Crippen LogP contribution in [-0.4, -0.2) is 11.2 Å². The van der Waals surface area contributed by atoms with E-state index in [1.54, 1.807) is 0 Å². The second kappa shape index (κ2) is 5.89. The van der Waals surface area contributed by atoms with Gasteiger partial charge in [0.1, 0.15) is 0 Å². The van der Waals surface area contributed by atoms with E-state index in [0.29, 0.717) is 11.8 Å². The second-order valence-electron chi connectivity index (χ2n) is 6.01. The van der Waals surface area contributed by atoms with Crippen molar-refractivity contribution >= 4 is 0 Å². The molecule has 1 N–H and O–H groups in total. The molecule has 3 unspecified atom stereocenters. The van der Waals surface area contributed by atoms with Crippen molar-refractivity contribution in [2.24, 2.45) is 23.7 Å². The van der Waals surface area contributed by atoms with Gasteiger partial charge in [-0.3, -0.25) is 0 Å². The van der Waals surface area contributed by atoms with Gasteiger partial charge in [0, 0.05) is 0 Å². The minimum Gasteiger partial charge on any atom is -0.393 e. The average molecular weight is 212 g/mol. The van der Waals surface area contributed by atoms with Crippen LogP contribution in [0.1, 0.15) is 59.8 Å². The molecule has 0 aromatic heterocycles. The Kier molecular flexibility index (Phi) is 5.11. The molecule has 0 aromatic carbocycles. The normalized spacial score (nSPS) is 30.6. The van der Waals surface area contributed by atoms with E-state index in [2.05, 4.69) is 27.7 Å². The molecular formula is C14H28O. The predicted octanol–water partition coefficient (Wildman–Crippen LogP) is 3.86. The zero-order chi connectivity index (χ0) is 11.4. The summed E-state index contributed by atoms with van der Waals surface area (Å²) in [7, 11) is 0. The Bertz CT molecular complexity index is 174. The van der Waals surface area contributed by atoms with Crippen LogP contribution in [0.25, 0.3) is 0 Å². The van der Waals surface area contributed by atoms with E-state index in [1.807, 2.05) is 0 Å². The monoisotopic (exact) mass is 212 g/mol. The fraction of sp³-hybridized carbons (Fsp3) is 1.00. The molecule has 3 atom stereocenters. The van der Waals surface area contributed by atoms with Crippen molar-refractivity contribution in [1.29, 1.82) is 0 Å². The number of hydrogen-bond acceptors (Lipinski definition) is 1. The molecule has 1 heteroatoms. The molecule has 1 saturated carbocycles. The van der Waals surface area contributed by atoms with Gasteiger partial charge in [-0.15, -0.1) is 0 Å². The Hall–Kier alpha value is -0.0400. The first-order valence-corrected chi connectivity index (χ1v) is 6.70. The van der Waals surface area contributed by atoms with Gasteiger partial charge < -0.3 is 5.11 Å². The zero-order valence-electron chi connectivity index (χ0n) is 10.9. The summed E-state index contributed by atoms with van der Waals surface area (Å²) in [6.45, 7) is 8.94. The third-order valence-corrected chi connectivity index (χ3v) is 4.17. The molecule has 0 aromatic rings. The highest BCUT2D eigenvalue weighted by atomic mass is 16.3. The van der Waals surface area contributed by atoms with Gasteiger partial charge in [-0.2, -0.15) is 0 Å². The highest BCUT2D eigenvalue weighted by Crippen LogP contribution is 2.34. The number of aliphatic hydroxyl groups excluding tert-OH is 1. The van der Waals surface area contributed by atoms with Crippen LogP contribution in [0.5, 0.6) is 0 Å². The first-order chi connectivity index (χ1) is 7.02. The topological polar surface area (TPSA) is 20.2 Å². The van der Waals surface area contributed by atoms with Crippen LogP contribution in [0.3, 0.4) is 0 Å². The Morgan fingerprint density at radius 2 is 1.40 bits per heavy atom. The summed E-state index contributed by atoms with van der Waals surface area (Å²) in [6, 6.07) is 0. The molecule has 1 fully saturated rings. The highest BCUT2D eigenvalue weighted by Gasteiger charge is 2.26. The van der Waals surface area contributed by atoms with Crippen molar-refractivity contribution < 1.29 is 5.11 Å². The summed E-state index contributed by atoms with van der Waals surface area (Å²) in [5.41, 5.74) is 0. The van der Waals surface area contributed by atoms with Crippen molar-refractivity contribution in [3.05, 3.63) is 0 Å². The summed E-state index contributed by atoms with van der Waals surface area (Å²) in [6.07, 6.45) is 6.42. The summed E-state index contributed by atoms with van der Waals surface area (Å²) in [5.74, 6) is 2.70. The third kappa shape index (κ3) is 3.79. The molecular weight excluding hydrogens is 184 g/mol. The van der Waals surface area contributed by atoms with Crippen molar-refractivity contribution in [2.75, 3.05) is 0 Å². The second-order valence-corrected chi connectivity index (χ2v) is 6.01. The van der Waals surface area contributed by atoms with Crippen LogP contribution < -0.4 is 0 Å². The lowest BCUT2D eigenvalue weighted by molar-refractivity contribution is 0.0562. The van der Waals surface area contributed by atoms with Gasteiger partial charge in [0.05, 0.1) is 6.10 Å². The molecule has 1 rings (SSSR count). The van der Waals surface area contributed by atoms with E-state index in [0.717, 1.165) is 11.8 Å². The van der Waals surface area contributed by atoms with E-state index in [4.69, 9.17) is 0 Å². The van der Waals surface area contributed by atoms with Crippen molar-refractivity contribution in [3.8, 4) is 0 Å². The highest BCUT2D eigenvalue weighted by molar-refractivity contribution is 4.78. The number of rotatable bonds is 3. The van der Waals surface area contributed by atoms with Crippen LogP contribution in [0.2, 0.25) is 0 Å². The molecule has 0 saturated heterocycles. The summed E-state index contributed by atoms with van der Waals surface area (Å²) in [5, 5.41) is 10.1. The lowest BCUT2D eigenvalue weighted by Crippen LogP contribution is -2.25. The van der Waals surface area contributed by atoms with Crippen molar-refractivity contribution in [2.45, 2.75) is 65.9 Å². The van der Waals surface area contributed by atoms with Crippen LogP contribution in [0.15, 0.2) is 0 Å². The summed E-state index contributed by atoms with van der Waals surface area (Å²) >= 11 is 0. The van der Waals surface area contributed by atoms with E-state index >= 15 is 0 Å². The smallest absolute Gasteiger partial charge is 0.0591 e. The Morgan fingerprint density at radius 3 is 1.93 bits per heavy atom. The van der Waals surface area contributed by atoms with Crippen molar-refractivity contribution in [1.82, 2.24) is 0 Å². The molecule has 90 valence electrons. The van der Waals surface area contributed by atoms with Gasteiger partial charge in [-0.05, 0) is 42.9 Å². The molecule has 1 aliphatic rings. The molecule has 0 heterocycles. The Morgan fingerprint density at radius 1 is 0.867 bits per heavy atom. The SMILES string of the molecule is CC(C)C1CCCC(C(O)C(C)C)CC1. The maximum absolute atomic E-state index is 10.1. The molecule has 15 heavy (non-hydrogen) atoms. The van der Waals surface area contributed by atoms with Gasteiger partial charge in [-0.25, -0.2) is 0 Å². The number of aliphatic hydroxyl groups is 1. The minimum absolute atomic E-state index is 0.0732. The maximum Gasteiger partial charge on any atom is 0.0591 e. The standard InChI is InChI=1S/C14H28O/c1-10(2)12-6-5-7-13(9-8-12)14(15)11(3)4/h10-15H,5-9H2,1-4H3. The lowest BCUT2D eigenvalue weighted by atomic mass is 9.85. The quantitative estimate of drug-likeness (QED) is 0.704. The van der Waals surface area contributed by atoms with Crippen LogP contribution in [0, 0.1) is 23.7 Å². The number of hydrogen-bond donors (Lipinski definition) is 1. The van der Waals surface area contributed by atoms with Crippen LogP contribution >= 0.6 is 0 Å². The summed E-state index contributed by atoms with van der Waals surface area (Å²) < 4.78 is 0. The fourth-order valence-corrected chi connectivity index (χ4v) is 2.91. The third-order valence-electron chi connectivity index (χ3n) is 4.17. The van der Waals surface area contributed by atoms with Crippen LogP contribution in [0.4, 0.5) is 0 Å². The van der Waals surface area contributed by atoms with Gasteiger partial charge in [0.2, 0.25) is 0 Å². The van der Waals surface area contributed by atoms with E-state index < -0.39 is 0 Å². The minimum atomic E-state index is -0.0732. The van der Waals surface area contributed by atoms with Gasteiger partial charge in [0.15, 0.2) is 0 Å². The predicted molar refractivity (Wildman–Crippen MR) is 65.7 cm³/mol. The lowest BCUT2D eigenvalue weighted by Gasteiger charge is -2.24. The molecule has 1 nitrogen and oxygen atoms in total. The Labute approximate surface area is 95.3 Å². The van der Waals surface area contributed by atoms with Gasteiger partial charge in [0.25, 0.3) is 0 Å². The first-order valence-electron chi connectivity index (χ1n) is 6.70.